The van der Waals surface area contributed by atoms with Gasteiger partial charge < -0.3 is 19.5 Å². The molecule has 0 aliphatic carbocycles. The Hall–Kier alpha value is -3.33. The van der Waals surface area contributed by atoms with E-state index in [1.165, 1.54) is 11.8 Å². The third-order valence-electron chi connectivity index (χ3n) is 5.00. The van der Waals surface area contributed by atoms with Gasteiger partial charge in [0.1, 0.15) is 11.4 Å². The van der Waals surface area contributed by atoms with Crippen LogP contribution >= 0.6 is 11.8 Å². The van der Waals surface area contributed by atoms with Gasteiger partial charge in [0.05, 0.1) is 32.8 Å². The first-order valence-corrected chi connectivity index (χ1v) is 11.4. The summed E-state index contributed by atoms with van der Waals surface area (Å²) in [7, 11) is 4.83. The SMILES string of the molecule is CCC(Sc1ncc(-c2ccc(OC)cc2)nn1)C(=O)NCCc1ccc(OC)c(OC)c1. The fourth-order valence-corrected chi connectivity index (χ4v) is 3.96. The number of rotatable bonds is 11. The predicted octanol–water partition coefficient (Wildman–Crippen LogP) is 3.79. The van der Waals surface area contributed by atoms with Gasteiger partial charge in [-0.3, -0.25) is 4.79 Å². The molecule has 2 aromatic carbocycles. The van der Waals surface area contributed by atoms with Crippen LogP contribution in [0.1, 0.15) is 18.9 Å². The molecule has 0 aliphatic rings. The van der Waals surface area contributed by atoms with E-state index in [-0.39, 0.29) is 11.2 Å². The van der Waals surface area contributed by atoms with Crippen LogP contribution in [0.25, 0.3) is 11.3 Å². The van der Waals surface area contributed by atoms with Crippen LogP contribution in [0.2, 0.25) is 0 Å². The molecule has 0 aliphatic heterocycles. The zero-order chi connectivity index (χ0) is 23.6. The normalized spacial score (nSPS) is 11.5. The van der Waals surface area contributed by atoms with E-state index in [2.05, 4.69) is 20.5 Å². The number of nitrogens with zero attached hydrogens (tertiary/aromatic N) is 3. The maximum atomic E-state index is 12.7. The molecular formula is C24H28N4O4S. The van der Waals surface area contributed by atoms with Crippen LogP contribution in [0, 0.1) is 0 Å². The molecule has 1 N–H and O–H groups in total. The van der Waals surface area contributed by atoms with Gasteiger partial charge >= 0.3 is 0 Å². The molecule has 1 unspecified atom stereocenters. The van der Waals surface area contributed by atoms with Gasteiger partial charge in [-0.2, -0.15) is 0 Å². The largest absolute Gasteiger partial charge is 0.497 e. The molecule has 3 rings (SSSR count). The fraction of sp³-hybridized carbons (Fsp3) is 0.333. The highest BCUT2D eigenvalue weighted by Gasteiger charge is 2.19. The van der Waals surface area contributed by atoms with Crippen molar-refractivity contribution in [2.45, 2.75) is 30.2 Å². The lowest BCUT2D eigenvalue weighted by molar-refractivity contribution is -0.120. The highest BCUT2D eigenvalue weighted by molar-refractivity contribution is 8.00. The van der Waals surface area contributed by atoms with Crippen molar-refractivity contribution in [2.75, 3.05) is 27.9 Å². The number of hydrogen-bond acceptors (Lipinski definition) is 8. The first-order chi connectivity index (χ1) is 16.1. The number of aromatic nitrogens is 3. The summed E-state index contributed by atoms with van der Waals surface area (Å²) < 4.78 is 15.8. The highest BCUT2D eigenvalue weighted by atomic mass is 32.2. The van der Waals surface area contributed by atoms with E-state index in [0.29, 0.717) is 41.7 Å². The first-order valence-electron chi connectivity index (χ1n) is 10.6. The average molecular weight is 469 g/mol. The van der Waals surface area contributed by atoms with Crippen LogP contribution < -0.4 is 19.5 Å². The predicted molar refractivity (Wildman–Crippen MR) is 128 cm³/mol. The molecule has 3 aromatic rings. The summed E-state index contributed by atoms with van der Waals surface area (Å²) in [4.78, 5) is 17.1. The summed E-state index contributed by atoms with van der Waals surface area (Å²) in [5.41, 5.74) is 2.61. The summed E-state index contributed by atoms with van der Waals surface area (Å²) >= 11 is 1.31. The Kier molecular flexibility index (Phi) is 8.88. The summed E-state index contributed by atoms with van der Waals surface area (Å²) in [6, 6.07) is 13.3. The molecule has 1 aromatic heterocycles. The number of benzene rings is 2. The van der Waals surface area contributed by atoms with E-state index in [0.717, 1.165) is 16.9 Å². The monoisotopic (exact) mass is 468 g/mol. The number of carbonyl (C=O) groups is 1. The lowest BCUT2D eigenvalue weighted by Crippen LogP contribution is -2.33. The zero-order valence-corrected chi connectivity index (χ0v) is 20.0. The number of amides is 1. The van der Waals surface area contributed by atoms with Crippen molar-refractivity contribution in [1.29, 1.82) is 0 Å². The van der Waals surface area contributed by atoms with E-state index in [4.69, 9.17) is 14.2 Å². The Morgan fingerprint density at radius 3 is 2.36 bits per heavy atom. The maximum Gasteiger partial charge on any atom is 0.233 e. The van der Waals surface area contributed by atoms with Gasteiger partial charge in [-0.15, -0.1) is 10.2 Å². The smallest absolute Gasteiger partial charge is 0.233 e. The summed E-state index contributed by atoms with van der Waals surface area (Å²) in [6.45, 7) is 2.48. The Bertz CT molecular complexity index is 1050. The maximum absolute atomic E-state index is 12.7. The second-order valence-corrected chi connectivity index (χ2v) is 8.27. The Balaban J connectivity index is 1.54. The van der Waals surface area contributed by atoms with E-state index in [1.54, 1.807) is 27.5 Å². The Labute approximate surface area is 198 Å². The van der Waals surface area contributed by atoms with Crippen molar-refractivity contribution >= 4 is 17.7 Å². The minimum Gasteiger partial charge on any atom is -0.497 e. The van der Waals surface area contributed by atoms with Crippen molar-refractivity contribution in [3.05, 3.63) is 54.2 Å². The van der Waals surface area contributed by atoms with E-state index >= 15 is 0 Å². The van der Waals surface area contributed by atoms with Gasteiger partial charge in [-0.1, -0.05) is 24.8 Å². The van der Waals surface area contributed by atoms with Crippen LogP contribution in [-0.2, 0) is 11.2 Å². The van der Waals surface area contributed by atoms with E-state index < -0.39 is 0 Å². The van der Waals surface area contributed by atoms with Gasteiger partial charge in [0, 0.05) is 12.1 Å². The molecular weight excluding hydrogens is 440 g/mol. The third-order valence-corrected chi connectivity index (χ3v) is 6.23. The number of thioether (sulfide) groups is 1. The molecule has 0 spiro atoms. The summed E-state index contributed by atoms with van der Waals surface area (Å²) in [6.07, 6.45) is 3.00. The molecule has 1 amide bonds. The Morgan fingerprint density at radius 1 is 1.00 bits per heavy atom. The standard InChI is InChI=1S/C24H28N4O4S/c1-5-22(23(29)25-13-12-16-6-11-20(31-3)21(14-16)32-4)33-24-26-15-19(27-28-24)17-7-9-18(30-2)10-8-17/h6-11,14-15,22H,5,12-13H2,1-4H3,(H,25,29). The zero-order valence-electron chi connectivity index (χ0n) is 19.2. The van der Waals surface area contributed by atoms with Crippen LogP contribution in [-0.4, -0.2) is 54.2 Å². The Morgan fingerprint density at radius 2 is 1.76 bits per heavy atom. The van der Waals surface area contributed by atoms with E-state index in [9.17, 15) is 4.79 Å². The van der Waals surface area contributed by atoms with Gasteiger partial charge in [-0.05, 0) is 54.8 Å². The van der Waals surface area contributed by atoms with Crippen LogP contribution in [0.4, 0.5) is 0 Å². The van der Waals surface area contributed by atoms with Crippen LogP contribution in [0.3, 0.4) is 0 Å². The highest BCUT2D eigenvalue weighted by Crippen LogP contribution is 2.28. The van der Waals surface area contributed by atoms with Gasteiger partial charge in [0.2, 0.25) is 11.1 Å². The molecule has 9 heteroatoms. The van der Waals surface area contributed by atoms with Crippen LogP contribution in [0.15, 0.2) is 53.8 Å². The molecule has 0 saturated heterocycles. The number of methoxy groups -OCH3 is 3. The number of hydrogen-bond donors (Lipinski definition) is 1. The quantitative estimate of drug-likeness (QED) is 0.425. The minimum absolute atomic E-state index is 0.0502. The number of ether oxygens (including phenoxy) is 3. The van der Waals surface area contributed by atoms with Gasteiger partial charge in [-0.25, -0.2) is 4.98 Å². The van der Waals surface area contributed by atoms with Crippen molar-refractivity contribution in [3.63, 3.8) is 0 Å². The number of nitrogens with one attached hydrogen (secondary N) is 1. The minimum atomic E-state index is -0.302. The molecule has 0 saturated carbocycles. The van der Waals surface area contributed by atoms with Crippen molar-refractivity contribution in [1.82, 2.24) is 20.5 Å². The molecule has 0 fully saturated rings. The lowest BCUT2D eigenvalue weighted by atomic mass is 10.1. The molecule has 1 atom stereocenters. The molecule has 0 bridgehead atoms. The topological polar surface area (TPSA) is 95.5 Å². The second kappa shape index (κ2) is 12.1. The lowest BCUT2D eigenvalue weighted by Gasteiger charge is -2.14. The summed E-state index contributed by atoms with van der Waals surface area (Å²) in [5, 5.41) is 11.6. The molecule has 174 valence electrons. The second-order valence-electron chi connectivity index (χ2n) is 7.10. The number of carbonyl (C=O) groups excluding carboxylic acids is 1. The van der Waals surface area contributed by atoms with Gasteiger partial charge in [0.15, 0.2) is 11.5 Å². The molecule has 33 heavy (non-hydrogen) atoms. The van der Waals surface area contributed by atoms with Gasteiger partial charge in [0.25, 0.3) is 0 Å². The molecule has 8 nitrogen and oxygen atoms in total. The van der Waals surface area contributed by atoms with E-state index in [1.807, 2.05) is 49.4 Å². The molecule has 1 heterocycles. The fourth-order valence-electron chi connectivity index (χ4n) is 3.14. The van der Waals surface area contributed by atoms with Crippen molar-refractivity contribution < 1.29 is 19.0 Å². The van der Waals surface area contributed by atoms with Crippen molar-refractivity contribution in [3.8, 4) is 28.5 Å². The first kappa shape index (κ1) is 24.3. The summed E-state index contributed by atoms with van der Waals surface area (Å²) in [5.74, 6) is 2.07. The molecule has 0 radical (unpaired) electrons. The average Bonchev–Trinajstić information content (AvgIpc) is 2.87. The van der Waals surface area contributed by atoms with Crippen LogP contribution in [0.5, 0.6) is 17.2 Å². The third kappa shape index (κ3) is 6.58. The van der Waals surface area contributed by atoms with Crippen molar-refractivity contribution in [2.24, 2.45) is 0 Å².